The smallest absolute Gasteiger partial charge is 0.152 e. The Kier molecular flexibility index (Phi) is 4.71. The first-order valence-electron chi connectivity index (χ1n) is 4.39. The second-order valence-corrected chi connectivity index (χ2v) is 5.18. The first-order chi connectivity index (χ1) is 6.81. The van der Waals surface area contributed by atoms with Gasteiger partial charge in [0.15, 0.2) is 6.29 Å². The Morgan fingerprint density at radius 2 is 2.50 bits per heavy atom. The summed E-state index contributed by atoms with van der Waals surface area (Å²) >= 11 is 3.25. The highest BCUT2D eigenvalue weighted by molar-refractivity contribution is 8.01. The highest BCUT2D eigenvalue weighted by Crippen LogP contribution is 2.31. The summed E-state index contributed by atoms with van der Waals surface area (Å²) in [5.74, 6) is 0.765. The Hall–Kier alpha value is -0.790. The molecule has 1 heterocycles. The number of thiophene rings is 1. The fraction of sp³-hybridized carbons (Fsp3) is 0.400. The Balaban J connectivity index is 2.69. The fourth-order valence-corrected chi connectivity index (χ4v) is 3.25. The van der Waals surface area contributed by atoms with Gasteiger partial charge < -0.3 is 0 Å². The van der Waals surface area contributed by atoms with Crippen molar-refractivity contribution in [1.29, 1.82) is 5.26 Å². The Morgan fingerprint density at radius 1 is 1.71 bits per heavy atom. The molecule has 0 amide bonds. The Morgan fingerprint density at radius 3 is 3.07 bits per heavy atom. The average Bonchev–Trinajstić information content (AvgIpc) is 2.61. The molecule has 0 atom stereocenters. The molecule has 0 aromatic carbocycles. The predicted octanol–water partition coefficient (Wildman–Crippen LogP) is 3.13. The van der Waals surface area contributed by atoms with Gasteiger partial charge in [-0.2, -0.15) is 5.26 Å². The summed E-state index contributed by atoms with van der Waals surface area (Å²) in [4.78, 5) is 11.9. The Bertz CT molecular complexity index is 351. The third kappa shape index (κ3) is 2.86. The molecule has 0 bridgehead atoms. The van der Waals surface area contributed by atoms with Crippen LogP contribution in [-0.2, 0) is 6.42 Å². The largest absolute Gasteiger partial charge is 0.298 e. The highest BCUT2D eigenvalue weighted by atomic mass is 32.2. The molecule has 14 heavy (non-hydrogen) atoms. The summed E-state index contributed by atoms with van der Waals surface area (Å²) in [5.41, 5.74) is 0.773. The molecular weight excluding hydrogens is 214 g/mol. The van der Waals surface area contributed by atoms with Gasteiger partial charge in [0, 0.05) is 22.6 Å². The van der Waals surface area contributed by atoms with Crippen LogP contribution < -0.4 is 0 Å². The normalized spacial score (nSPS) is 9.71. The lowest BCUT2D eigenvalue weighted by molar-refractivity contribution is 0.112. The molecule has 4 heteroatoms. The zero-order valence-electron chi connectivity index (χ0n) is 7.95. The van der Waals surface area contributed by atoms with E-state index in [1.807, 2.05) is 6.07 Å². The van der Waals surface area contributed by atoms with E-state index in [1.54, 1.807) is 23.1 Å². The number of carbonyl (C=O) groups excluding carboxylic acids is 1. The standard InChI is InChI=1S/C10H11NOS2/c1-2-9-6-8(7-12)10(14-9)13-5-3-4-11/h6-7H,2-3,5H2,1H3. The van der Waals surface area contributed by atoms with Crippen molar-refractivity contribution in [2.75, 3.05) is 5.75 Å². The molecule has 0 saturated carbocycles. The summed E-state index contributed by atoms with van der Waals surface area (Å²) in [6.07, 6.45) is 2.39. The van der Waals surface area contributed by atoms with Gasteiger partial charge in [-0.15, -0.1) is 23.1 Å². The van der Waals surface area contributed by atoms with E-state index < -0.39 is 0 Å². The molecule has 1 rings (SSSR count). The van der Waals surface area contributed by atoms with Crippen LogP contribution in [0.25, 0.3) is 0 Å². The van der Waals surface area contributed by atoms with Gasteiger partial charge in [-0.1, -0.05) is 6.92 Å². The third-order valence-electron chi connectivity index (χ3n) is 1.70. The van der Waals surface area contributed by atoms with Crippen molar-refractivity contribution in [2.45, 2.75) is 24.0 Å². The van der Waals surface area contributed by atoms with Crippen molar-refractivity contribution in [3.05, 3.63) is 16.5 Å². The third-order valence-corrected chi connectivity index (χ3v) is 4.30. The topological polar surface area (TPSA) is 40.9 Å². The molecule has 0 radical (unpaired) electrons. The van der Waals surface area contributed by atoms with E-state index in [1.165, 1.54) is 4.88 Å². The number of rotatable bonds is 5. The van der Waals surface area contributed by atoms with Crippen LogP contribution in [0.4, 0.5) is 0 Å². The number of aryl methyl sites for hydroxylation is 1. The molecule has 0 aliphatic heterocycles. The van der Waals surface area contributed by atoms with E-state index in [0.717, 1.165) is 28.2 Å². The van der Waals surface area contributed by atoms with Crippen LogP contribution in [0.5, 0.6) is 0 Å². The van der Waals surface area contributed by atoms with Gasteiger partial charge in [0.2, 0.25) is 0 Å². The summed E-state index contributed by atoms with van der Waals surface area (Å²) in [7, 11) is 0. The lowest BCUT2D eigenvalue weighted by Crippen LogP contribution is -1.79. The summed E-state index contributed by atoms with van der Waals surface area (Å²) in [6.45, 7) is 2.07. The SMILES string of the molecule is CCc1cc(C=O)c(SCCC#N)s1. The van der Waals surface area contributed by atoms with E-state index in [9.17, 15) is 4.79 Å². The quantitative estimate of drug-likeness (QED) is 0.439. The minimum Gasteiger partial charge on any atom is -0.298 e. The molecule has 0 aliphatic carbocycles. The van der Waals surface area contributed by atoms with Crippen LogP contribution in [0.2, 0.25) is 0 Å². The zero-order valence-corrected chi connectivity index (χ0v) is 9.58. The summed E-state index contributed by atoms with van der Waals surface area (Å²) in [5, 5.41) is 8.39. The lowest BCUT2D eigenvalue weighted by atomic mass is 10.3. The van der Waals surface area contributed by atoms with Crippen molar-refractivity contribution in [2.24, 2.45) is 0 Å². The first kappa shape index (κ1) is 11.3. The van der Waals surface area contributed by atoms with Gasteiger partial charge in [-0.25, -0.2) is 0 Å². The van der Waals surface area contributed by atoms with Crippen molar-refractivity contribution in [3.63, 3.8) is 0 Å². The summed E-state index contributed by atoms with van der Waals surface area (Å²) in [6, 6.07) is 4.03. The van der Waals surface area contributed by atoms with E-state index >= 15 is 0 Å². The maximum absolute atomic E-state index is 10.7. The predicted molar refractivity (Wildman–Crippen MR) is 60.0 cm³/mol. The number of carbonyl (C=O) groups is 1. The van der Waals surface area contributed by atoms with Crippen LogP contribution in [0, 0.1) is 11.3 Å². The Labute approximate surface area is 91.9 Å². The lowest BCUT2D eigenvalue weighted by Gasteiger charge is -1.93. The average molecular weight is 225 g/mol. The van der Waals surface area contributed by atoms with Crippen LogP contribution >= 0.6 is 23.1 Å². The molecule has 0 fully saturated rings. The zero-order chi connectivity index (χ0) is 10.4. The van der Waals surface area contributed by atoms with E-state index in [4.69, 9.17) is 5.26 Å². The molecule has 0 aliphatic rings. The van der Waals surface area contributed by atoms with Gasteiger partial charge in [0.1, 0.15) is 0 Å². The van der Waals surface area contributed by atoms with Crippen LogP contribution in [0.3, 0.4) is 0 Å². The van der Waals surface area contributed by atoms with Gasteiger partial charge >= 0.3 is 0 Å². The minimum atomic E-state index is 0.530. The number of aldehydes is 1. The van der Waals surface area contributed by atoms with Gasteiger partial charge in [0.05, 0.1) is 10.3 Å². The maximum Gasteiger partial charge on any atom is 0.152 e. The molecule has 0 saturated heterocycles. The number of nitrogens with zero attached hydrogens (tertiary/aromatic N) is 1. The highest BCUT2D eigenvalue weighted by Gasteiger charge is 2.07. The van der Waals surface area contributed by atoms with Gasteiger partial charge in [-0.3, -0.25) is 4.79 Å². The van der Waals surface area contributed by atoms with Crippen molar-refractivity contribution in [1.82, 2.24) is 0 Å². The molecule has 0 N–H and O–H groups in total. The van der Waals surface area contributed by atoms with Gasteiger partial charge in [-0.05, 0) is 12.5 Å². The fourth-order valence-electron chi connectivity index (χ4n) is 0.998. The van der Waals surface area contributed by atoms with E-state index in [0.29, 0.717) is 6.42 Å². The van der Waals surface area contributed by atoms with Gasteiger partial charge in [0.25, 0.3) is 0 Å². The van der Waals surface area contributed by atoms with Crippen molar-refractivity contribution < 1.29 is 4.79 Å². The van der Waals surface area contributed by atoms with Crippen molar-refractivity contribution in [3.8, 4) is 6.07 Å². The van der Waals surface area contributed by atoms with E-state index in [2.05, 4.69) is 13.0 Å². The number of hydrogen-bond donors (Lipinski definition) is 0. The number of thioether (sulfide) groups is 1. The number of nitriles is 1. The van der Waals surface area contributed by atoms with Crippen molar-refractivity contribution >= 4 is 29.4 Å². The van der Waals surface area contributed by atoms with E-state index in [-0.39, 0.29) is 0 Å². The van der Waals surface area contributed by atoms with Crippen LogP contribution in [-0.4, -0.2) is 12.0 Å². The molecule has 2 nitrogen and oxygen atoms in total. The van der Waals surface area contributed by atoms with Crippen LogP contribution in [0.1, 0.15) is 28.6 Å². The molecule has 74 valence electrons. The molecule has 1 aromatic heterocycles. The molecule has 0 spiro atoms. The monoisotopic (exact) mass is 225 g/mol. The molecular formula is C10H11NOS2. The van der Waals surface area contributed by atoms with Crippen LogP contribution in [0.15, 0.2) is 10.3 Å². The maximum atomic E-state index is 10.7. The second-order valence-electron chi connectivity index (χ2n) is 2.68. The first-order valence-corrected chi connectivity index (χ1v) is 6.19. The second kappa shape index (κ2) is 5.84. The molecule has 0 unspecified atom stereocenters. The summed E-state index contributed by atoms with van der Waals surface area (Å²) < 4.78 is 1.05. The minimum absolute atomic E-state index is 0.530. The molecule has 1 aromatic rings. The number of hydrogen-bond acceptors (Lipinski definition) is 4.